The molecule has 5 nitrogen and oxygen atoms in total. The first-order valence-electron chi connectivity index (χ1n) is 7.15. The van der Waals surface area contributed by atoms with Gasteiger partial charge in [-0.25, -0.2) is 13.2 Å². The van der Waals surface area contributed by atoms with Gasteiger partial charge in [-0.05, 0) is 36.0 Å². The Balaban J connectivity index is 2.30. The number of methoxy groups -OCH3 is 1. The lowest BCUT2D eigenvalue weighted by Crippen LogP contribution is -2.24. The summed E-state index contributed by atoms with van der Waals surface area (Å²) in [6, 6.07) is 4.56. The lowest BCUT2D eigenvalue weighted by Gasteiger charge is -2.13. The molecule has 3 N–H and O–H groups in total. The van der Waals surface area contributed by atoms with Crippen molar-refractivity contribution in [3.63, 3.8) is 0 Å². The predicted octanol–water partition coefficient (Wildman–Crippen LogP) is 3.14. The second-order valence-corrected chi connectivity index (χ2v) is 5.43. The summed E-state index contributed by atoms with van der Waals surface area (Å²) in [5.41, 5.74) is 8.31. The topological polar surface area (TPSA) is 68.9 Å². The number of rotatable bonds is 6. The first-order valence-corrected chi connectivity index (χ1v) is 7.56. The number of hydrogen-bond donors (Lipinski definition) is 2. The molecule has 0 spiro atoms. The zero-order valence-corrected chi connectivity index (χ0v) is 14.5. The Labute approximate surface area is 155 Å². The largest absolute Gasteiger partial charge is 0.496 e. The van der Waals surface area contributed by atoms with Crippen molar-refractivity contribution < 1.29 is 31.4 Å². The van der Waals surface area contributed by atoms with E-state index in [1.165, 1.54) is 25.5 Å². The van der Waals surface area contributed by atoms with Gasteiger partial charge < -0.3 is 15.2 Å². The Hall–Kier alpha value is -2.95. The molecule has 0 fully saturated rings. The Kier molecular flexibility index (Phi) is 6.50. The van der Waals surface area contributed by atoms with Crippen molar-refractivity contribution in [1.82, 2.24) is 5.43 Å². The third-order valence-electron chi connectivity index (χ3n) is 3.23. The number of thiocarbonyl (C=S) groups is 1. The molecule has 2 aromatic carbocycles. The molecule has 0 unspecified atom stereocenters. The van der Waals surface area contributed by atoms with Crippen LogP contribution in [0.15, 0.2) is 23.3 Å². The van der Waals surface area contributed by atoms with Crippen LogP contribution in [0.25, 0.3) is 0 Å². The van der Waals surface area contributed by atoms with Crippen LogP contribution in [0, 0.1) is 29.1 Å². The number of halogens is 5. The average molecular weight is 405 g/mol. The van der Waals surface area contributed by atoms with Crippen LogP contribution in [0.4, 0.5) is 22.0 Å². The number of nitrogens with one attached hydrogen (secondary N) is 1. The molecule has 27 heavy (non-hydrogen) atoms. The second-order valence-electron chi connectivity index (χ2n) is 4.99. The molecule has 0 aliphatic carbocycles. The van der Waals surface area contributed by atoms with E-state index in [1.54, 1.807) is 6.07 Å². The molecule has 0 amide bonds. The van der Waals surface area contributed by atoms with Crippen molar-refractivity contribution in [1.29, 1.82) is 0 Å². The number of ether oxygens (including phenoxy) is 2. The van der Waals surface area contributed by atoms with Gasteiger partial charge in [0, 0.05) is 5.56 Å². The van der Waals surface area contributed by atoms with Gasteiger partial charge in [0.05, 0.1) is 13.3 Å². The Morgan fingerprint density at radius 2 is 1.70 bits per heavy atom. The van der Waals surface area contributed by atoms with Gasteiger partial charge >= 0.3 is 0 Å². The van der Waals surface area contributed by atoms with Gasteiger partial charge in [0.15, 0.2) is 10.9 Å². The molecule has 0 aliphatic rings. The molecule has 2 aromatic rings. The average Bonchev–Trinajstić information content (AvgIpc) is 2.64. The Morgan fingerprint density at radius 3 is 2.26 bits per heavy atom. The monoisotopic (exact) mass is 405 g/mol. The third-order valence-corrected chi connectivity index (χ3v) is 3.33. The molecule has 0 saturated heterocycles. The minimum atomic E-state index is -2.27. The van der Waals surface area contributed by atoms with Crippen molar-refractivity contribution in [2.24, 2.45) is 10.8 Å². The van der Waals surface area contributed by atoms with E-state index in [-0.39, 0.29) is 16.4 Å². The highest BCUT2D eigenvalue weighted by atomic mass is 32.1. The van der Waals surface area contributed by atoms with Crippen molar-refractivity contribution in [3.05, 3.63) is 58.4 Å². The quantitative estimate of drug-likeness (QED) is 0.193. The number of benzene rings is 2. The smallest absolute Gasteiger partial charge is 0.207 e. The zero-order chi connectivity index (χ0) is 20.1. The van der Waals surface area contributed by atoms with E-state index in [2.05, 4.69) is 22.7 Å². The van der Waals surface area contributed by atoms with Crippen LogP contribution in [0.5, 0.6) is 11.5 Å². The zero-order valence-electron chi connectivity index (χ0n) is 13.7. The fourth-order valence-electron chi connectivity index (χ4n) is 2.02. The molecule has 0 aliphatic heterocycles. The lowest BCUT2D eigenvalue weighted by molar-refractivity contribution is 0.249. The highest BCUT2D eigenvalue weighted by Gasteiger charge is 2.27. The summed E-state index contributed by atoms with van der Waals surface area (Å²) in [5, 5.41) is 3.67. The van der Waals surface area contributed by atoms with Crippen molar-refractivity contribution in [3.8, 4) is 11.5 Å². The van der Waals surface area contributed by atoms with E-state index in [4.69, 9.17) is 15.2 Å². The van der Waals surface area contributed by atoms with Crippen LogP contribution in [0.3, 0.4) is 0 Å². The number of hydrogen-bond acceptors (Lipinski definition) is 4. The summed E-state index contributed by atoms with van der Waals surface area (Å²) in [6.07, 6.45) is 1.33. The molecule has 11 heteroatoms. The second kappa shape index (κ2) is 8.62. The third kappa shape index (κ3) is 4.61. The van der Waals surface area contributed by atoms with E-state index in [0.717, 1.165) is 0 Å². The minimum absolute atomic E-state index is 0.0605. The van der Waals surface area contributed by atoms with Crippen molar-refractivity contribution in [2.45, 2.75) is 6.61 Å². The molecule has 0 bridgehead atoms. The molecule has 0 radical (unpaired) electrons. The Morgan fingerprint density at radius 1 is 1.11 bits per heavy atom. The van der Waals surface area contributed by atoms with Crippen LogP contribution >= 0.6 is 12.2 Å². The molecule has 2 rings (SSSR count). The molecular formula is C16H12F5N3O2S. The van der Waals surface area contributed by atoms with Gasteiger partial charge in [-0.15, -0.1) is 0 Å². The fraction of sp³-hybridized carbons (Fsp3) is 0.125. The maximum atomic E-state index is 13.7. The van der Waals surface area contributed by atoms with E-state index in [0.29, 0.717) is 5.56 Å². The summed E-state index contributed by atoms with van der Waals surface area (Å²) in [4.78, 5) is 0. The first kappa shape index (κ1) is 20.4. The van der Waals surface area contributed by atoms with E-state index in [1.807, 2.05) is 0 Å². The van der Waals surface area contributed by atoms with Crippen LogP contribution in [0.2, 0.25) is 0 Å². The minimum Gasteiger partial charge on any atom is -0.496 e. The van der Waals surface area contributed by atoms with Gasteiger partial charge in [-0.1, -0.05) is 0 Å². The Bertz CT molecular complexity index is 879. The normalized spacial score (nSPS) is 10.9. The molecule has 144 valence electrons. The van der Waals surface area contributed by atoms with E-state index >= 15 is 0 Å². The predicted molar refractivity (Wildman–Crippen MR) is 91.1 cm³/mol. The van der Waals surface area contributed by atoms with E-state index < -0.39 is 41.4 Å². The number of nitrogens with two attached hydrogens (primary N) is 1. The van der Waals surface area contributed by atoms with Gasteiger partial charge in [0.2, 0.25) is 29.1 Å². The summed E-state index contributed by atoms with van der Waals surface area (Å²) in [7, 11) is 1.33. The summed E-state index contributed by atoms with van der Waals surface area (Å²) >= 11 is 4.58. The molecule has 0 aromatic heterocycles. The molecular weight excluding hydrogens is 393 g/mol. The maximum absolute atomic E-state index is 13.7. The number of nitrogens with zero attached hydrogens (tertiary/aromatic N) is 1. The van der Waals surface area contributed by atoms with Gasteiger partial charge in [-0.2, -0.15) is 13.9 Å². The highest BCUT2D eigenvalue weighted by molar-refractivity contribution is 7.80. The van der Waals surface area contributed by atoms with Crippen LogP contribution in [-0.4, -0.2) is 18.4 Å². The molecule has 0 atom stereocenters. The maximum Gasteiger partial charge on any atom is 0.207 e. The standard InChI is InChI=1S/C16H12F5N3O2S/c1-25-9-3-2-7(5-23-24-16(22)27)4-8(9)6-26-15-13(20)11(18)10(17)12(19)14(15)21/h2-5H,6H2,1H3,(H3,22,24,27). The first-order chi connectivity index (χ1) is 12.8. The van der Waals surface area contributed by atoms with Crippen LogP contribution in [0.1, 0.15) is 11.1 Å². The van der Waals surface area contributed by atoms with Crippen LogP contribution < -0.4 is 20.6 Å². The number of hydrazone groups is 1. The van der Waals surface area contributed by atoms with Crippen LogP contribution in [-0.2, 0) is 6.61 Å². The molecule has 0 saturated carbocycles. The highest BCUT2D eigenvalue weighted by Crippen LogP contribution is 2.30. The summed E-state index contributed by atoms with van der Waals surface area (Å²) < 4.78 is 76.8. The van der Waals surface area contributed by atoms with Gasteiger partial charge in [-0.3, -0.25) is 5.43 Å². The SMILES string of the molecule is COc1ccc(C=NNC(N)=S)cc1COc1c(F)c(F)c(F)c(F)c1F. The van der Waals surface area contributed by atoms with Crippen molar-refractivity contribution >= 4 is 23.5 Å². The molecule has 0 heterocycles. The summed E-state index contributed by atoms with van der Waals surface area (Å²) in [5.74, 6) is -11.7. The summed E-state index contributed by atoms with van der Waals surface area (Å²) in [6.45, 7) is -0.536. The fourth-order valence-corrected chi connectivity index (χ4v) is 2.08. The lowest BCUT2D eigenvalue weighted by atomic mass is 10.1. The van der Waals surface area contributed by atoms with Gasteiger partial charge in [0.1, 0.15) is 12.4 Å². The van der Waals surface area contributed by atoms with E-state index in [9.17, 15) is 22.0 Å². The van der Waals surface area contributed by atoms with Crippen molar-refractivity contribution in [2.75, 3.05) is 7.11 Å². The van der Waals surface area contributed by atoms with Gasteiger partial charge in [0.25, 0.3) is 0 Å².